The molecule has 90 valence electrons. The summed E-state index contributed by atoms with van der Waals surface area (Å²) in [6.07, 6.45) is 0.959. The van der Waals surface area contributed by atoms with Gasteiger partial charge >= 0.3 is 5.69 Å². The third-order valence-corrected chi connectivity index (χ3v) is 3.37. The van der Waals surface area contributed by atoms with E-state index in [0.717, 1.165) is 25.3 Å². The molecule has 0 spiro atoms. The van der Waals surface area contributed by atoms with Gasteiger partial charge in [0.25, 0.3) is 0 Å². The molecule has 7 heteroatoms. The highest BCUT2D eigenvalue weighted by atomic mass is 35.5. The van der Waals surface area contributed by atoms with E-state index in [-0.39, 0.29) is 11.1 Å². The van der Waals surface area contributed by atoms with Gasteiger partial charge in [-0.2, -0.15) is 5.10 Å². The van der Waals surface area contributed by atoms with Crippen LogP contribution in [0.4, 0.5) is 5.82 Å². The molecule has 1 N–H and O–H groups in total. The number of aryl methyl sites for hydroxylation is 1. The molecule has 1 unspecified atom stereocenters. The molecule has 1 aliphatic heterocycles. The summed E-state index contributed by atoms with van der Waals surface area (Å²) in [5, 5.41) is 6.55. The maximum absolute atomic E-state index is 11.5. The number of halogens is 1. The standard InChI is InChI=1S/C10H12ClN5O/c1-6-12-8(15-3-2-7(11)5-15)4-9-13-14-10(17)16(6)9/h4,7H,2-3,5H2,1H3,(H,14,17). The quantitative estimate of drug-likeness (QED) is 0.754. The zero-order chi connectivity index (χ0) is 12.0. The first kappa shape index (κ1) is 10.6. The van der Waals surface area contributed by atoms with Crippen LogP contribution in [-0.2, 0) is 0 Å². The summed E-state index contributed by atoms with van der Waals surface area (Å²) < 4.78 is 1.46. The zero-order valence-electron chi connectivity index (χ0n) is 9.35. The normalized spacial score (nSPS) is 20.4. The summed E-state index contributed by atoms with van der Waals surface area (Å²) in [6, 6.07) is 1.81. The molecule has 2 aromatic rings. The molecule has 0 aromatic carbocycles. The van der Waals surface area contributed by atoms with Gasteiger partial charge in [0.1, 0.15) is 11.6 Å². The first-order valence-electron chi connectivity index (χ1n) is 5.49. The van der Waals surface area contributed by atoms with Gasteiger partial charge in [-0.05, 0) is 13.3 Å². The van der Waals surface area contributed by atoms with E-state index >= 15 is 0 Å². The minimum atomic E-state index is -0.256. The van der Waals surface area contributed by atoms with Crippen LogP contribution in [0.15, 0.2) is 10.9 Å². The van der Waals surface area contributed by atoms with Gasteiger partial charge < -0.3 is 4.90 Å². The van der Waals surface area contributed by atoms with Crippen LogP contribution in [0.5, 0.6) is 0 Å². The lowest BCUT2D eigenvalue weighted by atomic mass is 10.4. The van der Waals surface area contributed by atoms with Crippen molar-refractivity contribution in [3.05, 3.63) is 22.4 Å². The Kier molecular flexibility index (Phi) is 2.32. The number of aromatic amines is 1. The number of aromatic nitrogens is 4. The van der Waals surface area contributed by atoms with Crippen molar-refractivity contribution in [1.29, 1.82) is 0 Å². The largest absolute Gasteiger partial charge is 0.355 e. The predicted octanol–water partition coefficient (Wildman–Crippen LogP) is 0.544. The van der Waals surface area contributed by atoms with E-state index in [1.165, 1.54) is 4.40 Å². The smallest absolute Gasteiger partial charge is 0.349 e. The summed E-state index contributed by atoms with van der Waals surface area (Å²) in [6.45, 7) is 3.48. The monoisotopic (exact) mass is 253 g/mol. The van der Waals surface area contributed by atoms with Crippen LogP contribution < -0.4 is 10.6 Å². The van der Waals surface area contributed by atoms with Crippen LogP contribution >= 0.6 is 11.6 Å². The number of H-pyrrole nitrogens is 1. The maximum Gasteiger partial charge on any atom is 0.349 e. The summed E-state index contributed by atoms with van der Waals surface area (Å²) in [4.78, 5) is 18.0. The van der Waals surface area contributed by atoms with E-state index < -0.39 is 0 Å². The lowest BCUT2D eigenvalue weighted by molar-refractivity contribution is 0.884. The second-order valence-electron chi connectivity index (χ2n) is 4.22. The van der Waals surface area contributed by atoms with Crippen LogP contribution in [0.1, 0.15) is 12.2 Å². The summed E-state index contributed by atoms with van der Waals surface area (Å²) >= 11 is 6.07. The molecule has 17 heavy (non-hydrogen) atoms. The SMILES string of the molecule is Cc1nc(N2CCC(Cl)C2)cc2n[nH]c(=O)n12. The van der Waals surface area contributed by atoms with Crippen molar-refractivity contribution in [3.8, 4) is 0 Å². The van der Waals surface area contributed by atoms with Gasteiger partial charge in [-0.3, -0.25) is 0 Å². The number of nitrogens with one attached hydrogen (secondary N) is 1. The van der Waals surface area contributed by atoms with E-state index in [2.05, 4.69) is 20.1 Å². The molecule has 1 aliphatic rings. The number of nitrogens with zero attached hydrogens (tertiary/aromatic N) is 4. The van der Waals surface area contributed by atoms with Gasteiger partial charge in [0, 0.05) is 19.2 Å². The van der Waals surface area contributed by atoms with Crippen LogP contribution in [0.2, 0.25) is 0 Å². The molecule has 1 saturated heterocycles. The first-order valence-corrected chi connectivity index (χ1v) is 5.92. The summed E-state index contributed by atoms with van der Waals surface area (Å²) in [5.74, 6) is 1.46. The Bertz CT molecular complexity index is 619. The molecule has 0 amide bonds. The molecule has 0 aliphatic carbocycles. The first-order chi connectivity index (χ1) is 8.15. The third-order valence-electron chi connectivity index (χ3n) is 3.01. The Morgan fingerprint density at radius 1 is 1.59 bits per heavy atom. The van der Waals surface area contributed by atoms with Crippen LogP contribution in [0.3, 0.4) is 0 Å². The fourth-order valence-electron chi connectivity index (χ4n) is 2.17. The van der Waals surface area contributed by atoms with Gasteiger partial charge in [0.05, 0.1) is 5.38 Å². The van der Waals surface area contributed by atoms with E-state index in [1.807, 2.05) is 0 Å². The van der Waals surface area contributed by atoms with E-state index in [0.29, 0.717) is 11.5 Å². The summed E-state index contributed by atoms with van der Waals surface area (Å²) in [7, 11) is 0. The number of hydrogen-bond donors (Lipinski definition) is 1. The molecule has 0 radical (unpaired) electrons. The molecule has 0 saturated carbocycles. The van der Waals surface area contributed by atoms with Gasteiger partial charge in [-0.25, -0.2) is 19.3 Å². The van der Waals surface area contributed by atoms with Crippen molar-refractivity contribution in [1.82, 2.24) is 19.6 Å². The topological polar surface area (TPSA) is 66.3 Å². The maximum atomic E-state index is 11.5. The van der Waals surface area contributed by atoms with Crippen molar-refractivity contribution < 1.29 is 0 Å². The molecular weight excluding hydrogens is 242 g/mol. The van der Waals surface area contributed by atoms with E-state index in [1.54, 1.807) is 13.0 Å². The highest BCUT2D eigenvalue weighted by molar-refractivity contribution is 6.21. The Morgan fingerprint density at radius 2 is 2.41 bits per heavy atom. The van der Waals surface area contributed by atoms with Gasteiger partial charge in [-0.1, -0.05) is 0 Å². The average molecular weight is 254 g/mol. The van der Waals surface area contributed by atoms with Crippen molar-refractivity contribution in [2.45, 2.75) is 18.7 Å². The number of anilines is 1. The Hall–Kier alpha value is -1.56. The molecule has 3 heterocycles. The van der Waals surface area contributed by atoms with Crippen molar-refractivity contribution in [2.75, 3.05) is 18.0 Å². The second kappa shape index (κ2) is 3.73. The van der Waals surface area contributed by atoms with Crippen molar-refractivity contribution in [2.24, 2.45) is 0 Å². The van der Waals surface area contributed by atoms with Gasteiger partial charge in [-0.15, -0.1) is 11.6 Å². The molecule has 0 bridgehead atoms. The highest BCUT2D eigenvalue weighted by Gasteiger charge is 2.22. The number of fused-ring (bicyclic) bond motifs is 1. The molecule has 3 rings (SSSR count). The molecule has 6 nitrogen and oxygen atoms in total. The number of alkyl halides is 1. The molecule has 1 fully saturated rings. The fourth-order valence-corrected chi connectivity index (χ4v) is 2.43. The van der Waals surface area contributed by atoms with Crippen molar-refractivity contribution >= 4 is 23.1 Å². The van der Waals surface area contributed by atoms with Crippen LogP contribution in [0, 0.1) is 6.92 Å². The van der Waals surface area contributed by atoms with Crippen molar-refractivity contribution in [3.63, 3.8) is 0 Å². The Labute approximate surface area is 102 Å². The average Bonchev–Trinajstić information content (AvgIpc) is 2.86. The number of rotatable bonds is 1. The summed E-state index contributed by atoms with van der Waals surface area (Å²) in [5.41, 5.74) is 0.337. The van der Waals surface area contributed by atoms with Crippen LogP contribution in [0.25, 0.3) is 5.65 Å². The zero-order valence-corrected chi connectivity index (χ0v) is 10.1. The van der Waals surface area contributed by atoms with Gasteiger partial charge in [0.15, 0.2) is 5.65 Å². The third kappa shape index (κ3) is 1.68. The second-order valence-corrected chi connectivity index (χ2v) is 4.83. The molecule has 1 atom stereocenters. The highest BCUT2D eigenvalue weighted by Crippen LogP contribution is 2.22. The molecular formula is C10H12ClN5O. The minimum Gasteiger partial charge on any atom is -0.355 e. The Balaban J connectivity index is 2.10. The van der Waals surface area contributed by atoms with E-state index in [9.17, 15) is 4.79 Å². The lowest BCUT2D eigenvalue weighted by Gasteiger charge is -2.16. The van der Waals surface area contributed by atoms with Gasteiger partial charge in [0.2, 0.25) is 0 Å². The number of hydrogen-bond acceptors (Lipinski definition) is 4. The van der Waals surface area contributed by atoms with Crippen LogP contribution in [-0.4, -0.2) is 38.0 Å². The fraction of sp³-hybridized carbons (Fsp3) is 0.500. The minimum absolute atomic E-state index is 0.176. The Morgan fingerprint density at radius 3 is 3.12 bits per heavy atom. The molecule has 2 aromatic heterocycles. The lowest BCUT2D eigenvalue weighted by Crippen LogP contribution is -2.22. The predicted molar refractivity (Wildman–Crippen MR) is 64.8 cm³/mol. The van der Waals surface area contributed by atoms with E-state index in [4.69, 9.17) is 11.6 Å².